The molecule has 3 aromatic heterocycles. The smallest absolute Gasteiger partial charge is 0.126 e. The maximum atomic E-state index is 13.8. The topological polar surface area (TPSA) is 25.8 Å². The summed E-state index contributed by atoms with van der Waals surface area (Å²) in [5, 5.41) is 3.78. The van der Waals surface area contributed by atoms with Gasteiger partial charge in [0, 0.05) is 43.3 Å². The van der Waals surface area contributed by atoms with Crippen LogP contribution in [0.3, 0.4) is 0 Å². The number of thiophene rings is 1. The fourth-order valence-corrected chi connectivity index (χ4v) is 11.8. The SMILES string of the molecule is CC(C)c1cc(-c2[c-]cccc2)ncc1[Si](C)(C)C.Fc1cc(F)cc(-c2ccc3c(c2)sc2c(-c4cc(CC5CC6CCC5CC6)ccn4)[c-]ccc23)c1.[Ir]. The van der Waals surface area contributed by atoms with Crippen LogP contribution in [0.5, 0.6) is 0 Å². The van der Waals surface area contributed by atoms with E-state index in [-0.39, 0.29) is 20.1 Å². The van der Waals surface area contributed by atoms with Gasteiger partial charge in [0.15, 0.2) is 0 Å². The Morgan fingerprint density at radius 3 is 2.25 bits per heavy atom. The minimum atomic E-state index is -1.34. The van der Waals surface area contributed by atoms with E-state index in [0.29, 0.717) is 11.5 Å². The molecule has 2 nitrogen and oxygen atoms in total. The summed E-state index contributed by atoms with van der Waals surface area (Å²) in [6, 6.07) is 35.2. The number of aromatic nitrogens is 2. The van der Waals surface area contributed by atoms with Crippen LogP contribution in [0, 0.1) is 41.5 Å². The fraction of sp³-hybridized carbons (Fsp3) is 0.306. The Morgan fingerprint density at radius 1 is 0.786 bits per heavy atom. The Balaban J connectivity index is 0.000000205. The van der Waals surface area contributed by atoms with E-state index in [1.165, 1.54) is 60.6 Å². The van der Waals surface area contributed by atoms with Crippen LogP contribution >= 0.6 is 11.3 Å². The largest absolute Gasteiger partial charge is 0.305 e. The molecular formula is C49H48F2IrN2SSi-2. The molecule has 0 amide bonds. The van der Waals surface area contributed by atoms with Gasteiger partial charge in [-0.25, -0.2) is 8.78 Å². The Morgan fingerprint density at radius 2 is 1.57 bits per heavy atom. The fourth-order valence-electron chi connectivity index (χ4n) is 8.91. The average molecular weight is 955 g/mol. The molecule has 3 aliphatic carbocycles. The van der Waals surface area contributed by atoms with Crippen molar-refractivity contribution in [3.63, 3.8) is 0 Å². The minimum Gasteiger partial charge on any atom is -0.305 e. The normalized spacial score (nSPS) is 17.8. The van der Waals surface area contributed by atoms with Crippen molar-refractivity contribution in [1.82, 2.24) is 9.97 Å². The summed E-state index contributed by atoms with van der Waals surface area (Å²) >= 11 is 1.69. The van der Waals surface area contributed by atoms with Gasteiger partial charge in [-0.15, -0.1) is 59.7 Å². The first-order valence-corrected chi connectivity index (χ1v) is 24.1. The summed E-state index contributed by atoms with van der Waals surface area (Å²) in [5.41, 5.74) is 8.28. The van der Waals surface area contributed by atoms with Crippen molar-refractivity contribution in [3.05, 3.63) is 138 Å². The Hall–Kier alpha value is -3.87. The van der Waals surface area contributed by atoms with Crippen LogP contribution in [-0.4, -0.2) is 18.0 Å². The molecule has 3 heterocycles. The molecule has 2 bridgehead atoms. The molecule has 1 unspecified atom stereocenters. The number of rotatable bonds is 7. The predicted octanol–water partition coefficient (Wildman–Crippen LogP) is 13.4. The molecule has 3 saturated carbocycles. The molecule has 289 valence electrons. The van der Waals surface area contributed by atoms with Crippen molar-refractivity contribution in [2.45, 2.75) is 77.9 Å². The molecule has 3 fully saturated rings. The molecule has 56 heavy (non-hydrogen) atoms. The first-order valence-electron chi connectivity index (χ1n) is 19.8. The van der Waals surface area contributed by atoms with Crippen LogP contribution < -0.4 is 5.19 Å². The van der Waals surface area contributed by atoms with Crippen molar-refractivity contribution >= 4 is 44.8 Å². The van der Waals surface area contributed by atoms with E-state index < -0.39 is 19.7 Å². The van der Waals surface area contributed by atoms with Crippen LogP contribution in [0.2, 0.25) is 19.6 Å². The van der Waals surface area contributed by atoms with E-state index in [1.54, 1.807) is 11.3 Å². The standard InChI is InChI=1S/C32H26F2NS.C17H22NSi.Ir/c33-25-15-24(16-26(34)18-25)22-8-9-27-28-2-1-3-29(32(28)36-31(27)17-22)30-14-20(10-11-35-30)13-23-12-19-4-6-21(23)7-5-19;1-13(2)15-11-16(14-9-7-6-8-10-14)18-12-17(15)19(3,4)5;/h1-2,8-11,14-19,21,23H,4-7,12-13H2;6-9,11-13H,1-5H3;/q2*-1;. The third-order valence-electron chi connectivity index (χ3n) is 11.8. The Labute approximate surface area is 349 Å². The molecule has 0 aliphatic heterocycles. The second-order valence-corrected chi connectivity index (χ2v) is 23.0. The number of hydrogen-bond donors (Lipinski definition) is 0. The van der Waals surface area contributed by atoms with Crippen LogP contribution in [0.1, 0.15) is 63.0 Å². The monoisotopic (exact) mass is 955 g/mol. The van der Waals surface area contributed by atoms with Gasteiger partial charge in [0.1, 0.15) is 11.6 Å². The summed E-state index contributed by atoms with van der Waals surface area (Å²) in [6.45, 7) is 11.7. The number of pyridine rings is 2. The summed E-state index contributed by atoms with van der Waals surface area (Å²) < 4.78 is 29.9. The van der Waals surface area contributed by atoms with Crippen molar-refractivity contribution in [2.75, 3.05) is 0 Å². The van der Waals surface area contributed by atoms with Gasteiger partial charge in [-0.3, -0.25) is 0 Å². The molecule has 7 heteroatoms. The van der Waals surface area contributed by atoms with E-state index in [9.17, 15) is 8.78 Å². The van der Waals surface area contributed by atoms with E-state index in [1.807, 2.05) is 42.6 Å². The quantitative estimate of drug-likeness (QED) is 0.118. The van der Waals surface area contributed by atoms with E-state index >= 15 is 0 Å². The summed E-state index contributed by atoms with van der Waals surface area (Å²) in [5.74, 6) is 2.05. The van der Waals surface area contributed by atoms with Crippen molar-refractivity contribution in [3.8, 4) is 33.6 Å². The number of hydrogen-bond acceptors (Lipinski definition) is 3. The zero-order valence-corrected chi connectivity index (χ0v) is 37.0. The zero-order valence-electron chi connectivity index (χ0n) is 32.8. The molecule has 3 aliphatic rings. The Bertz CT molecular complexity index is 2450. The van der Waals surface area contributed by atoms with Gasteiger partial charge in [0.05, 0.1) is 8.07 Å². The Kier molecular flexibility index (Phi) is 12.2. The maximum Gasteiger partial charge on any atom is 0.126 e. The number of fused-ring (bicyclic) bond motifs is 6. The molecule has 0 spiro atoms. The molecule has 4 aromatic carbocycles. The first-order chi connectivity index (χ1) is 26.5. The third kappa shape index (κ3) is 8.67. The van der Waals surface area contributed by atoms with Crippen LogP contribution in [0.4, 0.5) is 8.78 Å². The zero-order chi connectivity index (χ0) is 38.3. The second kappa shape index (κ2) is 16.9. The summed E-state index contributed by atoms with van der Waals surface area (Å²) in [4.78, 5) is 9.41. The maximum absolute atomic E-state index is 13.8. The van der Waals surface area contributed by atoms with Gasteiger partial charge in [-0.05, 0) is 111 Å². The van der Waals surface area contributed by atoms with Gasteiger partial charge in [0.25, 0.3) is 0 Å². The van der Waals surface area contributed by atoms with Crippen molar-refractivity contribution in [2.24, 2.45) is 17.8 Å². The predicted molar refractivity (Wildman–Crippen MR) is 230 cm³/mol. The van der Waals surface area contributed by atoms with E-state index in [2.05, 4.69) is 93.2 Å². The molecule has 10 rings (SSSR count). The van der Waals surface area contributed by atoms with Crippen LogP contribution in [-0.2, 0) is 26.5 Å². The van der Waals surface area contributed by atoms with E-state index in [0.717, 1.165) is 78.5 Å². The molecule has 1 atom stereocenters. The van der Waals surface area contributed by atoms with Gasteiger partial charge in [-0.2, -0.15) is 11.3 Å². The molecule has 7 aromatic rings. The van der Waals surface area contributed by atoms with Gasteiger partial charge >= 0.3 is 0 Å². The van der Waals surface area contributed by atoms with Crippen LogP contribution in [0.25, 0.3) is 53.8 Å². The average Bonchev–Trinajstić information content (AvgIpc) is 3.56. The second-order valence-electron chi connectivity index (χ2n) is 16.9. The number of halogens is 2. The molecular weight excluding hydrogens is 907 g/mol. The van der Waals surface area contributed by atoms with Crippen LogP contribution in [0.15, 0.2) is 103 Å². The van der Waals surface area contributed by atoms with Crippen molar-refractivity contribution < 1.29 is 28.9 Å². The third-order valence-corrected chi connectivity index (χ3v) is 15.0. The van der Waals surface area contributed by atoms with Gasteiger partial charge < -0.3 is 9.97 Å². The summed E-state index contributed by atoms with van der Waals surface area (Å²) in [6.07, 6.45) is 12.3. The van der Waals surface area contributed by atoms with Gasteiger partial charge in [-0.1, -0.05) is 87.1 Å². The molecule has 1 radical (unpaired) electrons. The summed E-state index contributed by atoms with van der Waals surface area (Å²) in [7, 11) is -1.34. The number of nitrogens with zero attached hydrogens (tertiary/aromatic N) is 2. The van der Waals surface area contributed by atoms with E-state index in [4.69, 9.17) is 4.98 Å². The number of benzene rings is 4. The van der Waals surface area contributed by atoms with Crippen molar-refractivity contribution in [1.29, 1.82) is 0 Å². The first kappa shape index (κ1) is 40.3. The molecule has 0 N–H and O–H groups in total. The van der Waals surface area contributed by atoms with Gasteiger partial charge in [0.2, 0.25) is 0 Å². The molecule has 0 saturated heterocycles. The minimum absolute atomic E-state index is 0.